The molecule has 7 heteroatoms. The molecule has 0 bridgehead atoms. The Morgan fingerprint density at radius 1 is 0.210 bits per heavy atom. The van der Waals surface area contributed by atoms with Gasteiger partial charge in [-0.15, -0.1) is 0 Å². The van der Waals surface area contributed by atoms with Crippen LogP contribution in [0.1, 0.15) is 123 Å². The van der Waals surface area contributed by atoms with Gasteiger partial charge in [-0.2, -0.15) is 0 Å². The third-order valence-electron chi connectivity index (χ3n) is 29.3. The quantitative estimate of drug-likeness (QED) is 0.115. The van der Waals surface area contributed by atoms with Gasteiger partial charge in [0.05, 0.1) is 66.1 Å². The second-order valence-corrected chi connectivity index (χ2v) is 40.8. The van der Waals surface area contributed by atoms with Gasteiger partial charge in [-0.05, 0) is 243 Å². The minimum absolute atomic E-state index is 0.269. The molecule has 0 N–H and O–H groups in total. The van der Waals surface area contributed by atoms with E-state index in [9.17, 15) is 8.42 Å². The molecule has 0 spiro atoms. The standard InChI is InChI=1S/C38H28N2.C30H30N2.2C27H22.C14H14O2S/c1-25-19-21-31(37(23-25)39-33-15-7-3-11-27(33)28-12-4-8-16-34(28)39)32-22-20-26(2)24-38(32)40-35-17-9-5-13-29(35)30-14-6-10-18-36(30)40;1-23-13-17-25(18-14-23)29-21-32(28-11-7-4-8-12-28)30(26-19-15-24(2)16-20-26)22-31(29)27-9-5-3-6-10-27;1-19-11-15-21(16-12-19)27(22-17-13-20(2)14-18-22)25-9-5-3-7-23(25)24-8-4-6-10-26(24)27;1-19-13-15-23-24-16-14-20(2)18-26(24)27(25(23)17-19,21-9-5-3-6-10-21)22-11-7-4-8-12-22;1-11-3-7-13(8-4-11)17(15,16)14-9-5-12(2)6-10-14/h3-24H,1-2H3;3-20,29-30H,21-22H2,1-2H3;2*3-18H,1-2H3;3-10H,1-2H3. The van der Waals surface area contributed by atoms with Crippen LogP contribution in [0.4, 0.5) is 11.4 Å². The zero-order valence-electron chi connectivity index (χ0n) is 82.8. The summed E-state index contributed by atoms with van der Waals surface area (Å²) in [5.74, 6) is 0. The molecule has 25 rings (SSSR count). The lowest BCUT2D eigenvalue weighted by molar-refractivity contribution is 0.462. The fourth-order valence-electron chi connectivity index (χ4n) is 22.2. The van der Waals surface area contributed by atoms with Crippen molar-refractivity contribution in [3.63, 3.8) is 0 Å². The van der Waals surface area contributed by atoms with Crippen molar-refractivity contribution in [3.05, 3.63) is 597 Å². The monoisotopic (exact) mass is 1870 g/mol. The van der Waals surface area contributed by atoms with Crippen LogP contribution in [0.3, 0.4) is 0 Å². The van der Waals surface area contributed by atoms with Crippen LogP contribution in [0.5, 0.6) is 0 Å². The van der Waals surface area contributed by atoms with Crippen molar-refractivity contribution in [2.75, 3.05) is 22.9 Å². The van der Waals surface area contributed by atoms with Crippen LogP contribution < -0.4 is 9.80 Å². The molecule has 6 nitrogen and oxygen atoms in total. The van der Waals surface area contributed by atoms with Crippen LogP contribution in [0.2, 0.25) is 0 Å². The van der Waals surface area contributed by atoms with Crippen LogP contribution in [-0.4, -0.2) is 30.6 Å². The molecule has 2 aliphatic carbocycles. The maximum Gasteiger partial charge on any atom is 0.206 e. The molecule has 698 valence electrons. The van der Waals surface area contributed by atoms with Gasteiger partial charge in [-0.25, -0.2) is 8.42 Å². The number of fused-ring (bicyclic) bond motifs is 12. The van der Waals surface area contributed by atoms with Crippen LogP contribution in [-0.2, 0) is 20.7 Å². The highest BCUT2D eigenvalue weighted by Crippen LogP contribution is 2.59. The molecule has 143 heavy (non-hydrogen) atoms. The summed E-state index contributed by atoms with van der Waals surface area (Å²) in [5.41, 5.74) is 43.0. The molecule has 2 aromatic heterocycles. The Morgan fingerprint density at radius 2 is 0.448 bits per heavy atom. The molecular formula is C136H116N4O2S. The van der Waals surface area contributed by atoms with E-state index < -0.39 is 9.84 Å². The first kappa shape index (κ1) is 92.9. The molecule has 0 saturated carbocycles. The smallest absolute Gasteiger partial charge is 0.206 e. The van der Waals surface area contributed by atoms with Gasteiger partial charge in [0.25, 0.3) is 0 Å². The molecule has 0 radical (unpaired) electrons. The lowest BCUT2D eigenvalue weighted by atomic mass is 9.67. The number of hydrogen-bond acceptors (Lipinski definition) is 4. The highest BCUT2D eigenvalue weighted by atomic mass is 32.2. The number of para-hydroxylation sites is 6. The van der Waals surface area contributed by atoms with Gasteiger partial charge in [0, 0.05) is 57.1 Å². The summed E-state index contributed by atoms with van der Waals surface area (Å²) >= 11 is 0. The zero-order chi connectivity index (χ0) is 98.0. The van der Waals surface area contributed by atoms with E-state index in [1.54, 1.807) is 48.5 Å². The Morgan fingerprint density at radius 3 is 0.776 bits per heavy atom. The highest BCUT2D eigenvalue weighted by Gasteiger charge is 2.48. The number of aromatic nitrogens is 2. The number of nitrogens with zero attached hydrogens (tertiary/aromatic N) is 4. The van der Waals surface area contributed by atoms with E-state index >= 15 is 0 Å². The summed E-state index contributed by atoms with van der Waals surface area (Å²) in [4.78, 5) is 5.86. The second kappa shape index (κ2) is 39.7. The molecule has 0 amide bonds. The minimum atomic E-state index is -3.37. The van der Waals surface area contributed by atoms with Crippen molar-refractivity contribution >= 4 is 64.8 Å². The lowest BCUT2D eigenvalue weighted by Gasteiger charge is -2.49. The number of piperazine rings is 1. The van der Waals surface area contributed by atoms with E-state index in [1.807, 2.05) is 13.8 Å². The molecule has 20 aromatic carbocycles. The largest absolute Gasteiger partial charge is 0.360 e. The van der Waals surface area contributed by atoms with E-state index in [1.165, 1.54) is 200 Å². The number of anilines is 2. The number of aryl methyl sites for hydroxylation is 10. The Kier molecular flexibility index (Phi) is 25.8. The maximum atomic E-state index is 12.3. The van der Waals surface area contributed by atoms with Crippen molar-refractivity contribution in [1.82, 2.24) is 9.13 Å². The topological polar surface area (TPSA) is 50.5 Å². The highest BCUT2D eigenvalue weighted by molar-refractivity contribution is 7.91. The Balaban J connectivity index is 0.000000108. The van der Waals surface area contributed by atoms with Crippen molar-refractivity contribution in [2.24, 2.45) is 0 Å². The van der Waals surface area contributed by atoms with E-state index in [4.69, 9.17) is 0 Å². The summed E-state index contributed by atoms with van der Waals surface area (Å²) in [6, 6.07) is 175. The Bertz CT molecular complexity index is 7880. The number of benzene rings is 20. The van der Waals surface area contributed by atoms with Crippen LogP contribution >= 0.6 is 0 Å². The van der Waals surface area contributed by atoms with Crippen molar-refractivity contribution in [2.45, 2.75) is 102 Å². The van der Waals surface area contributed by atoms with E-state index in [-0.39, 0.29) is 22.9 Å². The SMILES string of the molecule is Cc1ccc(-c2ccc(C)cc2-n2c3ccccc3c3ccccc32)c(-n2c3ccccc3c3ccccc32)c1.Cc1ccc(C2(c3ccc(C)cc3)c3ccccc3-c3ccccc32)cc1.Cc1ccc(C2CN(c3ccccc3)C(c3ccc(C)cc3)CN2c2ccccc2)cc1.Cc1ccc(S(=O)(=O)c2ccc(C)cc2)cc1.Cc1ccc2c(c1)C(c1ccccc1)(c1ccccc1)c1cc(C)ccc1-2. The average Bonchev–Trinajstić information content (AvgIpc) is 1.55. The summed E-state index contributed by atoms with van der Waals surface area (Å²) < 4.78 is 29.4. The maximum absolute atomic E-state index is 12.3. The predicted molar refractivity (Wildman–Crippen MR) is 600 cm³/mol. The third-order valence-corrected chi connectivity index (χ3v) is 31.1. The first-order valence-electron chi connectivity index (χ1n) is 49.8. The number of sulfone groups is 1. The van der Waals surface area contributed by atoms with E-state index in [0.717, 1.165) is 24.2 Å². The number of rotatable bonds is 13. The predicted octanol–water partition coefficient (Wildman–Crippen LogP) is 33.7. The van der Waals surface area contributed by atoms with Gasteiger partial charge < -0.3 is 18.9 Å². The molecular weight excluding hydrogens is 1750 g/mol. The minimum Gasteiger partial charge on any atom is -0.360 e. The molecule has 1 aliphatic heterocycles. The molecule has 1 fully saturated rings. The Hall–Kier alpha value is -16.5. The van der Waals surface area contributed by atoms with Gasteiger partial charge >= 0.3 is 0 Å². The molecule has 3 aliphatic rings. The first-order valence-corrected chi connectivity index (χ1v) is 51.3. The van der Waals surface area contributed by atoms with Gasteiger partial charge in [0.15, 0.2) is 0 Å². The molecule has 1 saturated heterocycles. The van der Waals surface area contributed by atoms with Crippen molar-refractivity contribution in [3.8, 4) is 44.8 Å². The zero-order valence-corrected chi connectivity index (χ0v) is 83.6. The second-order valence-electron chi connectivity index (χ2n) is 38.9. The van der Waals surface area contributed by atoms with Crippen molar-refractivity contribution in [1.29, 1.82) is 0 Å². The Labute approximate surface area is 842 Å². The van der Waals surface area contributed by atoms with E-state index in [0.29, 0.717) is 9.79 Å². The number of hydrogen-bond donors (Lipinski definition) is 0. The van der Waals surface area contributed by atoms with Gasteiger partial charge in [0.2, 0.25) is 9.84 Å². The van der Waals surface area contributed by atoms with Crippen LogP contribution in [0.15, 0.2) is 495 Å². The normalized spacial score (nSPS) is 14.0. The van der Waals surface area contributed by atoms with Crippen molar-refractivity contribution < 1.29 is 8.42 Å². The van der Waals surface area contributed by atoms with Gasteiger partial charge in [0.1, 0.15) is 0 Å². The fraction of sp³-hybridized carbons (Fsp3) is 0.118. The van der Waals surface area contributed by atoms with E-state index in [2.05, 4.69) is 511 Å². The lowest BCUT2D eigenvalue weighted by Crippen LogP contribution is -2.50. The molecule has 2 unspecified atom stereocenters. The van der Waals surface area contributed by atoms with Crippen LogP contribution in [0, 0.1) is 69.2 Å². The molecule has 2 atom stereocenters. The van der Waals surface area contributed by atoms with Gasteiger partial charge in [-0.3, -0.25) is 0 Å². The molecule has 22 aromatic rings. The fourth-order valence-corrected chi connectivity index (χ4v) is 23.4. The van der Waals surface area contributed by atoms with Gasteiger partial charge in [-0.1, -0.05) is 445 Å². The summed E-state index contributed by atoms with van der Waals surface area (Å²) in [6.45, 7) is 23.1. The average molecular weight is 1870 g/mol. The molecule has 3 heterocycles. The summed E-state index contributed by atoms with van der Waals surface area (Å²) in [6.07, 6.45) is 0. The van der Waals surface area contributed by atoms with Crippen LogP contribution in [0.25, 0.3) is 88.4 Å². The summed E-state index contributed by atoms with van der Waals surface area (Å²) in [5, 5.41) is 5.10. The first-order chi connectivity index (χ1) is 69.8. The summed E-state index contributed by atoms with van der Waals surface area (Å²) in [7, 11) is -3.37. The third kappa shape index (κ3) is 17.6.